The molecule has 0 amide bonds. The number of benzene rings is 1. The minimum absolute atomic E-state index is 0.109. The van der Waals surface area contributed by atoms with Crippen LogP contribution >= 0.6 is 23.2 Å². The van der Waals surface area contributed by atoms with Crippen molar-refractivity contribution in [3.63, 3.8) is 0 Å². The molecule has 1 aromatic heterocycles. The summed E-state index contributed by atoms with van der Waals surface area (Å²) >= 11 is 11.9. The Bertz CT molecular complexity index is 796. The maximum absolute atomic E-state index is 13.2. The smallest absolute Gasteiger partial charge is 0.287 e. The first-order valence-electron chi connectivity index (χ1n) is 7.14. The van der Waals surface area contributed by atoms with Crippen LogP contribution in [0.4, 0.5) is 15.8 Å². The van der Waals surface area contributed by atoms with Gasteiger partial charge in [-0.2, -0.15) is 5.10 Å². The third-order valence-electron chi connectivity index (χ3n) is 3.89. The fraction of sp³-hybridized carbons (Fsp3) is 0.333. The van der Waals surface area contributed by atoms with Crippen LogP contribution in [0.25, 0.3) is 0 Å². The first kappa shape index (κ1) is 16.1. The van der Waals surface area contributed by atoms with E-state index in [1.165, 1.54) is 10.7 Å². The molecule has 0 radical (unpaired) electrons. The molecule has 1 aliphatic heterocycles. The number of nitrogens with one attached hydrogen (secondary N) is 1. The van der Waals surface area contributed by atoms with Gasteiger partial charge in [-0.3, -0.25) is 4.79 Å². The van der Waals surface area contributed by atoms with Gasteiger partial charge in [-0.15, -0.1) is 0 Å². The van der Waals surface area contributed by atoms with Gasteiger partial charge in [0, 0.05) is 31.9 Å². The summed E-state index contributed by atoms with van der Waals surface area (Å²) in [5.74, 6) is -0.428. The maximum atomic E-state index is 13.2. The van der Waals surface area contributed by atoms with Crippen molar-refractivity contribution in [2.75, 3.05) is 23.3 Å². The van der Waals surface area contributed by atoms with Crippen LogP contribution in [0, 0.1) is 5.82 Å². The molecule has 122 valence electrons. The van der Waals surface area contributed by atoms with Crippen LogP contribution in [-0.2, 0) is 7.05 Å². The van der Waals surface area contributed by atoms with Gasteiger partial charge < -0.3 is 10.2 Å². The summed E-state index contributed by atoms with van der Waals surface area (Å²) in [5.41, 5.74) is 1.06. The SMILES string of the molecule is Cn1ncc(NC2CCN(c3ccc(F)c(Cl)c3)C2)c(Cl)c1=O. The van der Waals surface area contributed by atoms with E-state index in [4.69, 9.17) is 23.2 Å². The Morgan fingerprint density at radius 1 is 1.39 bits per heavy atom. The molecule has 0 saturated carbocycles. The minimum Gasteiger partial charge on any atom is -0.378 e. The largest absolute Gasteiger partial charge is 0.378 e. The average Bonchev–Trinajstić information content (AvgIpc) is 2.99. The molecule has 2 heterocycles. The van der Waals surface area contributed by atoms with Crippen molar-refractivity contribution in [2.45, 2.75) is 12.5 Å². The van der Waals surface area contributed by atoms with Crippen LogP contribution < -0.4 is 15.8 Å². The van der Waals surface area contributed by atoms with Crippen LogP contribution in [0.2, 0.25) is 10.0 Å². The second-order valence-corrected chi connectivity index (χ2v) is 6.26. The molecule has 1 N–H and O–H groups in total. The van der Waals surface area contributed by atoms with Crippen LogP contribution in [0.15, 0.2) is 29.2 Å². The van der Waals surface area contributed by atoms with Gasteiger partial charge in [-0.25, -0.2) is 9.07 Å². The summed E-state index contributed by atoms with van der Waals surface area (Å²) in [6, 6.07) is 4.80. The van der Waals surface area contributed by atoms with Crippen molar-refractivity contribution in [3.05, 3.63) is 50.6 Å². The normalized spacial score (nSPS) is 17.6. The summed E-state index contributed by atoms with van der Waals surface area (Å²) in [4.78, 5) is 13.9. The highest BCUT2D eigenvalue weighted by molar-refractivity contribution is 6.33. The van der Waals surface area contributed by atoms with Crippen molar-refractivity contribution >= 4 is 34.6 Å². The van der Waals surface area contributed by atoms with E-state index in [1.54, 1.807) is 25.4 Å². The third kappa shape index (κ3) is 3.28. The Hall–Kier alpha value is -1.79. The van der Waals surface area contributed by atoms with Gasteiger partial charge in [0.2, 0.25) is 0 Å². The van der Waals surface area contributed by atoms with Gasteiger partial charge in [-0.1, -0.05) is 23.2 Å². The van der Waals surface area contributed by atoms with Gasteiger partial charge in [0.25, 0.3) is 5.56 Å². The lowest BCUT2D eigenvalue weighted by atomic mass is 10.2. The number of rotatable bonds is 3. The van der Waals surface area contributed by atoms with Gasteiger partial charge >= 0.3 is 0 Å². The van der Waals surface area contributed by atoms with E-state index in [-0.39, 0.29) is 21.6 Å². The molecule has 1 atom stereocenters. The second-order valence-electron chi connectivity index (χ2n) is 5.48. The van der Waals surface area contributed by atoms with Crippen molar-refractivity contribution < 1.29 is 4.39 Å². The molecule has 0 bridgehead atoms. The maximum Gasteiger partial charge on any atom is 0.287 e. The average molecular weight is 357 g/mol. The lowest BCUT2D eigenvalue weighted by Gasteiger charge is -2.20. The second kappa shape index (κ2) is 6.37. The zero-order valence-corrected chi connectivity index (χ0v) is 13.9. The molecule has 1 aliphatic rings. The topological polar surface area (TPSA) is 50.2 Å². The summed E-state index contributed by atoms with van der Waals surface area (Å²) in [6.07, 6.45) is 2.40. The van der Waals surface area contributed by atoms with E-state index in [2.05, 4.69) is 15.3 Å². The summed E-state index contributed by atoms with van der Waals surface area (Å²) in [6.45, 7) is 1.50. The number of hydrogen-bond acceptors (Lipinski definition) is 4. The molecule has 5 nitrogen and oxygen atoms in total. The Kier molecular flexibility index (Phi) is 4.46. The fourth-order valence-electron chi connectivity index (χ4n) is 2.63. The van der Waals surface area contributed by atoms with Crippen molar-refractivity contribution in [1.29, 1.82) is 0 Å². The Labute approximate surface area is 142 Å². The number of anilines is 2. The van der Waals surface area contributed by atoms with Crippen LogP contribution in [-0.4, -0.2) is 28.9 Å². The lowest BCUT2D eigenvalue weighted by molar-refractivity contribution is 0.628. The van der Waals surface area contributed by atoms with Gasteiger partial charge in [0.15, 0.2) is 0 Å². The van der Waals surface area contributed by atoms with E-state index in [0.717, 1.165) is 18.7 Å². The van der Waals surface area contributed by atoms with Crippen LogP contribution in [0.1, 0.15) is 6.42 Å². The molecule has 1 fully saturated rings. The standard InChI is InChI=1S/C15H15Cl2FN4O/c1-21-15(23)14(17)13(7-19-21)20-9-4-5-22(8-9)10-2-3-12(18)11(16)6-10/h2-3,6-7,9,20H,4-5,8H2,1H3. The first-order valence-corrected chi connectivity index (χ1v) is 7.89. The Balaban J connectivity index is 1.72. The fourth-order valence-corrected chi connectivity index (χ4v) is 3.03. The molecule has 1 unspecified atom stereocenters. The minimum atomic E-state index is -0.428. The molecule has 2 aromatic rings. The molecule has 3 rings (SSSR count). The highest BCUT2D eigenvalue weighted by Crippen LogP contribution is 2.27. The predicted molar refractivity (Wildman–Crippen MR) is 90.1 cm³/mol. The van der Waals surface area contributed by atoms with Crippen molar-refractivity contribution in [2.24, 2.45) is 7.05 Å². The summed E-state index contributed by atoms with van der Waals surface area (Å²) < 4.78 is 14.4. The summed E-state index contributed by atoms with van der Waals surface area (Å²) in [7, 11) is 1.55. The summed E-state index contributed by atoms with van der Waals surface area (Å²) in [5, 5.41) is 7.45. The molecule has 1 saturated heterocycles. The van der Waals surface area contributed by atoms with E-state index < -0.39 is 5.82 Å². The molecule has 23 heavy (non-hydrogen) atoms. The van der Waals surface area contributed by atoms with E-state index in [0.29, 0.717) is 12.2 Å². The van der Waals surface area contributed by atoms with Gasteiger partial charge in [0.1, 0.15) is 10.8 Å². The van der Waals surface area contributed by atoms with E-state index in [1.807, 2.05) is 0 Å². The zero-order chi connectivity index (χ0) is 16.6. The van der Waals surface area contributed by atoms with Crippen molar-refractivity contribution in [1.82, 2.24) is 9.78 Å². The van der Waals surface area contributed by atoms with Crippen LogP contribution in [0.5, 0.6) is 0 Å². The molecular weight excluding hydrogens is 342 g/mol. The Morgan fingerprint density at radius 3 is 2.91 bits per heavy atom. The molecule has 8 heteroatoms. The molecular formula is C15H15Cl2FN4O. The van der Waals surface area contributed by atoms with E-state index >= 15 is 0 Å². The van der Waals surface area contributed by atoms with Crippen LogP contribution in [0.3, 0.4) is 0 Å². The van der Waals surface area contributed by atoms with Crippen molar-refractivity contribution in [3.8, 4) is 0 Å². The zero-order valence-electron chi connectivity index (χ0n) is 12.4. The Morgan fingerprint density at radius 2 is 2.17 bits per heavy atom. The highest BCUT2D eigenvalue weighted by atomic mass is 35.5. The number of hydrogen-bond donors (Lipinski definition) is 1. The first-order chi connectivity index (χ1) is 11.0. The molecule has 0 spiro atoms. The van der Waals surface area contributed by atoms with Gasteiger partial charge in [0.05, 0.1) is 16.9 Å². The number of nitrogens with zero attached hydrogens (tertiary/aromatic N) is 3. The molecule has 1 aromatic carbocycles. The number of aryl methyl sites for hydroxylation is 1. The number of halogens is 3. The number of aromatic nitrogens is 2. The van der Waals surface area contributed by atoms with E-state index in [9.17, 15) is 9.18 Å². The predicted octanol–water partition coefficient (Wildman–Crippen LogP) is 2.92. The monoisotopic (exact) mass is 356 g/mol. The third-order valence-corrected chi connectivity index (χ3v) is 4.55. The highest BCUT2D eigenvalue weighted by Gasteiger charge is 2.24. The lowest BCUT2D eigenvalue weighted by Crippen LogP contribution is -2.28. The quantitative estimate of drug-likeness (QED) is 0.918. The molecule has 0 aliphatic carbocycles. The van der Waals surface area contributed by atoms with Gasteiger partial charge in [-0.05, 0) is 24.6 Å².